The molecule has 8 nitrogen and oxygen atoms in total. The molecule has 0 bridgehead atoms. The lowest BCUT2D eigenvalue weighted by Crippen LogP contribution is -2.55. The quantitative estimate of drug-likeness (QED) is 0.686. The van der Waals surface area contributed by atoms with Gasteiger partial charge in [-0.05, 0) is 63.5 Å². The molecule has 2 atom stereocenters. The predicted molar refractivity (Wildman–Crippen MR) is 129 cm³/mol. The van der Waals surface area contributed by atoms with Crippen LogP contribution in [0.5, 0.6) is 5.75 Å². The Labute approximate surface area is 202 Å². The molecule has 4 rings (SSSR count). The predicted octanol–water partition coefficient (Wildman–Crippen LogP) is 1.85. The first-order valence-electron chi connectivity index (χ1n) is 12.8. The number of fused-ring (bicyclic) bond motifs is 1. The zero-order valence-electron chi connectivity index (χ0n) is 20.3. The van der Waals surface area contributed by atoms with Gasteiger partial charge in [0.1, 0.15) is 18.4 Å². The summed E-state index contributed by atoms with van der Waals surface area (Å²) in [6.45, 7) is 4.24. The van der Waals surface area contributed by atoms with Gasteiger partial charge in [0.2, 0.25) is 17.7 Å². The normalized spacial score (nSPS) is 24.3. The monoisotopic (exact) mass is 470 g/mol. The van der Waals surface area contributed by atoms with Crippen molar-refractivity contribution in [3.63, 3.8) is 0 Å². The maximum Gasteiger partial charge on any atom is 0.245 e. The van der Waals surface area contributed by atoms with Gasteiger partial charge in [-0.3, -0.25) is 14.4 Å². The summed E-state index contributed by atoms with van der Waals surface area (Å²) in [7, 11) is 0. The number of nitrogens with one attached hydrogen (secondary N) is 1. The summed E-state index contributed by atoms with van der Waals surface area (Å²) in [6, 6.07) is 7.10. The van der Waals surface area contributed by atoms with E-state index in [0.717, 1.165) is 37.9 Å². The summed E-state index contributed by atoms with van der Waals surface area (Å²) in [5.41, 5.74) is 6.56. The number of rotatable bonds is 2. The molecule has 186 valence electrons. The molecule has 2 saturated heterocycles. The van der Waals surface area contributed by atoms with E-state index in [1.54, 1.807) is 11.8 Å². The summed E-state index contributed by atoms with van der Waals surface area (Å²) < 4.78 is 5.93. The van der Waals surface area contributed by atoms with Crippen molar-refractivity contribution in [2.75, 3.05) is 32.8 Å². The summed E-state index contributed by atoms with van der Waals surface area (Å²) >= 11 is 0. The van der Waals surface area contributed by atoms with Crippen molar-refractivity contribution in [3.05, 3.63) is 29.8 Å². The van der Waals surface area contributed by atoms with Crippen molar-refractivity contribution < 1.29 is 19.1 Å². The fourth-order valence-electron chi connectivity index (χ4n) is 5.65. The lowest BCUT2D eigenvalue weighted by atomic mass is 9.73. The smallest absolute Gasteiger partial charge is 0.245 e. The molecule has 1 spiro atoms. The van der Waals surface area contributed by atoms with E-state index in [-0.39, 0.29) is 17.7 Å². The van der Waals surface area contributed by atoms with E-state index in [0.29, 0.717) is 52.0 Å². The fourth-order valence-corrected chi connectivity index (χ4v) is 5.65. The van der Waals surface area contributed by atoms with Crippen LogP contribution in [0.2, 0.25) is 0 Å². The largest absolute Gasteiger partial charge is 0.491 e. The lowest BCUT2D eigenvalue weighted by molar-refractivity contribution is -0.148. The van der Waals surface area contributed by atoms with Crippen LogP contribution >= 0.6 is 0 Å². The zero-order valence-corrected chi connectivity index (χ0v) is 20.3. The van der Waals surface area contributed by atoms with Crippen LogP contribution in [-0.2, 0) is 20.8 Å². The number of nitrogens with zero attached hydrogens (tertiary/aromatic N) is 2. The Morgan fingerprint density at radius 2 is 1.88 bits per heavy atom. The number of carbonyl (C=O) groups is 3. The topological polar surface area (TPSA) is 105 Å². The van der Waals surface area contributed by atoms with Crippen molar-refractivity contribution >= 4 is 17.7 Å². The Balaban J connectivity index is 1.39. The SMILES string of the molecule is CC(N)C(=O)N1CCC[C@H]1C(=O)N1CCC2(CCCCc3ccccc3OCCNC2=O)CC1. The van der Waals surface area contributed by atoms with Crippen LogP contribution in [0.15, 0.2) is 24.3 Å². The maximum absolute atomic E-state index is 13.3. The number of amides is 3. The van der Waals surface area contributed by atoms with Crippen LogP contribution in [-0.4, -0.2) is 72.4 Å². The van der Waals surface area contributed by atoms with Crippen molar-refractivity contribution in [2.45, 2.75) is 70.4 Å². The zero-order chi connectivity index (χ0) is 24.1. The second-order valence-electron chi connectivity index (χ2n) is 10.0. The molecule has 1 unspecified atom stereocenters. The van der Waals surface area contributed by atoms with Gasteiger partial charge in [-0.25, -0.2) is 0 Å². The number of aryl methyl sites for hydroxylation is 1. The number of hydrogen-bond acceptors (Lipinski definition) is 5. The third kappa shape index (κ3) is 5.22. The molecular formula is C26H38N4O4. The number of hydrogen-bond donors (Lipinski definition) is 2. The first-order valence-corrected chi connectivity index (χ1v) is 12.8. The van der Waals surface area contributed by atoms with Crippen LogP contribution in [0.4, 0.5) is 0 Å². The van der Waals surface area contributed by atoms with Crippen molar-refractivity contribution in [2.24, 2.45) is 11.1 Å². The van der Waals surface area contributed by atoms with Gasteiger partial charge >= 0.3 is 0 Å². The van der Waals surface area contributed by atoms with Crippen LogP contribution in [0.25, 0.3) is 0 Å². The molecule has 0 aliphatic carbocycles. The highest BCUT2D eigenvalue weighted by molar-refractivity contribution is 5.90. The molecule has 3 amide bonds. The van der Waals surface area contributed by atoms with Crippen LogP contribution < -0.4 is 15.8 Å². The van der Waals surface area contributed by atoms with Gasteiger partial charge in [0.15, 0.2) is 0 Å². The molecule has 3 aliphatic rings. The highest BCUT2D eigenvalue weighted by Gasteiger charge is 2.44. The molecule has 1 aromatic carbocycles. The molecule has 8 heteroatoms. The first kappa shape index (κ1) is 24.5. The number of para-hydroxylation sites is 1. The minimum atomic E-state index is -0.603. The number of carbonyl (C=O) groups excluding carboxylic acids is 3. The standard InChI is InChI=1S/C26H38N4O4/c1-19(27)23(31)30-15-6-9-21(30)24(32)29-16-12-26(13-17-29)11-5-4-8-20-7-2-3-10-22(20)34-18-14-28-25(26)33/h2-3,7,10,19,21H,4-6,8-9,11-18,27H2,1H3,(H,28,33)/t19?,21-/m0/s1. The minimum absolute atomic E-state index is 0.0000748. The van der Waals surface area contributed by atoms with Crippen LogP contribution in [0.3, 0.4) is 0 Å². The number of likely N-dealkylation sites (tertiary alicyclic amines) is 2. The van der Waals surface area contributed by atoms with Gasteiger partial charge < -0.3 is 25.6 Å². The number of nitrogens with two attached hydrogens (primary N) is 1. The number of piperidine rings is 1. The molecule has 3 heterocycles. The van der Waals surface area contributed by atoms with E-state index in [1.165, 1.54) is 5.56 Å². The average molecular weight is 471 g/mol. The second kappa shape index (κ2) is 10.8. The molecule has 3 aliphatic heterocycles. The average Bonchev–Trinajstić information content (AvgIpc) is 3.33. The van der Waals surface area contributed by atoms with Crippen molar-refractivity contribution in [1.82, 2.24) is 15.1 Å². The van der Waals surface area contributed by atoms with Gasteiger partial charge in [-0.2, -0.15) is 0 Å². The van der Waals surface area contributed by atoms with E-state index in [9.17, 15) is 14.4 Å². The van der Waals surface area contributed by atoms with E-state index >= 15 is 0 Å². The molecule has 34 heavy (non-hydrogen) atoms. The molecule has 0 radical (unpaired) electrons. The maximum atomic E-state index is 13.3. The van der Waals surface area contributed by atoms with E-state index in [1.807, 2.05) is 23.1 Å². The molecule has 2 fully saturated rings. The van der Waals surface area contributed by atoms with Gasteiger partial charge in [0, 0.05) is 19.6 Å². The molecule has 0 saturated carbocycles. The Hall–Kier alpha value is -2.61. The molecule has 3 N–H and O–H groups in total. The highest BCUT2D eigenvalue weighted by atomic mass is 16.5. The van der Waals surface area contributed by atoms with Crippen molar-refractivity contribution in [3.8, 4) is 5.75 Å². The van der Waals surface area contributed by atoms with Gasteiger partial charge in [-0.15, -0.1) is 0 Å². The first-order chi connectivity index (χ1) is 16.4. The summed E-state index contributed by atoms with van der Waals surface area (Å²) in [5.74, 6) is 0.820. The molecular weight excluding hydrogens is 432 g/mol. The van der Waals surface area contributed by atoms with E-state index < -0.39 is 17.5 Å². The summed E-state index contributed by atoms with van der Waals surface area (Å²) in [4.78, 5) is 42.5. The second-order valence-corrected chi connectivity index (χ2v) is 10.0. The molecule has 1 aromatic rings. The van der Waals surface area contributed by atoms with Gasteiger partial charge in [0.05, 0.1) is 18.0 Å². The Morgan fingerprint density at radius 3 is 2.65 bits per heavy atom. The number of benzene rings is 1. The van der Waals surface area contributed by atoms with Gasteiger partial charge in [0.25, 0.3) is 0 Å². The minimum Gasteiger partial charge on any atom is -0.491 e. The summed E-state index contributed by atoms with van der Waals surface area (Å²) in [5, 5.41) is 3.09. The third-order valence-electron chi connectivity index (χ3n) is 7.69. The van der Waals surface area contributed by atoms with Crippen LogP contribution in [0.1, 0.15) is 57.4 Å². The summed E-state index contributed by atoms with van der Waals surface area (Å²) in [6.07, 6.45) is 6.50. The highest BCUT2D eigenvalue weighted by Crippen LogP contribution is 2.38. The Morgan fingerprint density at radius 1 is 1.12 bits per heavy atom. The third-order valence-corrected chi connectivity index (χ3v) is 7.69. The van der Waals surface area contributed by atoms with E-state index in [4.69, 9.17) is 10.5 Å². The number of ether oxygens (including phenoxy) is 1. The molecule has 0 aromatic heterocycles. The van der Waals surface area contributed by atoms with Crippen molar-refractivity contribution in [1.29, 1.82) is 0 Å². The van der Waals surface area contributed by atoms with Gasteiger partial charge in [-0.1, -0.05) is 24.6 Å². The van der Waals surface area contributed by atoms with Crippen LogP contribution in [0, 0.1) is 5.41 Å². The Bertz CT molecular complexity index is 895. The fraction of sp³-hybridized carbons (Fsp3) is 0.654. The lowest BCUT2D eigenvalue weighted by Gasteiger charge is -2.42. The Kier molecular flexibility index (Phi) is 7.76. The van der Waals surface area contributed by atoms with E-state index in [2.05, 4.69) is 11.4 Å².